The SMILES string of the molecule is C[C@H](C[S@](C)=O)NC(=O)N(Cc1c(F)cccc1F)C1CC1. The molecule has 1 N–H and O–H groups in total. The lowest BCUT2D eigenvalue weighted by Gasteiger charge is -2.25. The normalized spacial score (nSPS) is 16.9. The van der Waals surface area contributed by atoms with Crippen molar-refractivity contribution in [1.82, 2.24) is 10.2 Å². The number of benzene rings is 1. The molecule has 1 aromatic carbocycles. The molecular weight excluding hydrogens is 310 g/mol. The molecule has 7 heteroatoms. The highest BCUT2D eigenvalue weighted by atomic mass is 32.2. The van der Waals surface area contributed by atoms with Crippen LogP contribution >= 0.6 is 0 Å². The van der Waals surface area contributed by atoms with E-state index in [-0.39, 0.29) is 30.2 Å². The topological polar surface area (TPSA) is 49.4 Å². The van der Waals surface area contributed by atoms with Crippen LogP contribution in [0.25, 0.3) is 0 Å². The van der Waals surface area contributed by atoms with Crippen LogP contribution in [0.1, 0.15) is 25.3 Å². The van der Waals surface area contributed by atoms with E-state index in [2.05, 4.69) is 5.32 Å². The van der Waals surface area contributed by atoms with Crippen molar-refractivity contribution in [3.05, 3.63) is 35.4 Å². The third kappa shape index (κ3) is 4.50. The predicted octanol–water partition coefficient (Wildman–Crippen LogP) is 2.41. The molecule has 0 aliphatic heterocycles. The summed E-state index contributed by atoms with van der Waals surface area (Å²) in [6, 6.07) is 3.05. The Morgan fingerprint density at radius 1 is 1.41 bits per heavy atom. The van der Waals surface area contributed by atoms with E-state index in [9.17, 15) is 17.8 Å². The maximum absolute atomic E-state index is 13.8. The molecule has 2 amide bonds. The molecule has 1 aliphatic rings. The van der Waals surface area contributed by atoms with Crippen molar-refractivity contribution in [3.63, 3.8) is 0 Å². The minimum absolute atomic E-state index is 0.0123. The van der Waals surface area contributed by atoms with Crippen LogP contribution in [0, 0.1) is 11.6 Å². The van der Waals surface area contributed by atoms with Gasteiger partial charge in [0.15, 0.2) is 0 Å². The third-order valence-corrected chi connectivity index (χ3v) is 4.46. The molecular formula is C15H20F2N2O2S. The number of nitrogens with zero attached hydrogens (tertiary/aromatic N) is 1. The van der Waals surface area contributed by atoms with Crippen molar-refractivity contribution in [2.45, 2.75) is 38.4 Å². The smallest absolute Gasteiger partial charge is 0.318 e. The largest absolute Gasteiger partial charge is 0.335 e. The number of hydrogen-bond acceptors (Lipinski definition) is 2. The average molecular weight is 330 g/mol. The molecule has 0 heterocycles. The van der Waals surface area contributed by atoms with Crippen LogP contribution in [-0.2, 0) is 17.3 Å². The Hall–Kier alpha value is -1.50. The van der Waals surface area contributed by atoms with Gasteiger partial charge < -0.3 is 10.2 Å². The summed E-state index contributed by atoms with van der Waals surface area (Å²) in [5.74, 6) is -0.958. The average Bonchev–Trinajstić information content (AvgIpc) is 3.21. The van der Waals surface area contributed by atoms with Crippen LogP contribution in [0.2, 0.25) is 0 Å². The number of halogens is 2. The number of urea groups is 1. The van der Waals surface area contributed by atoms with Gasteiger partial charge in [-0.25, -0.2) is 13.6 Å². The van der Waals surface area contributed by atoms with Gasteiger partial charge in [-0.2, -0.15) is 0 Å². The first-order valence-electron chi connectivity index (χ1n) is 7.18. The zero-order valence-electron chi connectivity index (χ0n) is 12.6. The van der Waals surface area contributed by atoms with Crippen LogP contribution in [0.3, 0.4) is 0 Å². The Labute approximate surface area is 131 Å². The zero-order chi connectivity index (χ0) is 16.3. The van der Waals surface area contributed by atoms with Crippen molar-refractivity contribution < 1.29 is 17.8 Å². The number of rotatable bonds is 6. The van der Waals surface area contributed by atoms with Gasteiger partial charge in [-0.3, -0.25) is 4.21 Å². The Morgan fingerprint density at radius 2 is 2.00 bits per heavy atom. The molecule has 0 spiro atoms. The van der Waals surface area contributed by atoms with Crippen molar-refractivity contribution in [3.8, 4) is 0 Å². The maximum Gasteiger partial charge on any atom is 0.318 e. The summed E-state index contributed by atoms with van der Waals surface area (Å²) in [5.41, 5.74) is -0.101. The standard InChI is InChI=1S/C15H20F2N2O2S/c1-10(9-22(2)21)18-15(20)19(11-6-7-11)8-12-13(16)4-3-5-14(12)17/h3-5,10-11H,6-9H2,1-2H3,(H,18,20)/t10-,22+/m1/s1. The van der Waals surface area contributed by atoms with E-state index >= 15 is 0 Å². The van der Waals surface area contributed by atoms with Gasteiger partial charge in [0.1, 0.15) is 11.6 Å². The summed E-state index contributed by atoms with van der Waals surface area (Å²) in [4.78, 5) is 13.8. The van der Waals surface area contributed by atoms with Gasteiger partial charge in [-0.05, 0) is 31.9 Å². The van der Waals surface area contributed by atoms with Gasteiger partial charge in [0, 0.05) is 40.5 Å². The highest BCUT2D eigenvalue weighted by Crippen LogP contribution is 2.29. The molecule has 0 unspecified atom stereocenters. The minimum Gasteiger partial charge on any atom is -0.335 e. The summed E-state index contributed by atoms with van der Waals surface area (Å²) in [6.45, 7) is 1.66. The minimum atomic E-state index is -1.02. The van der Waals surface area contributed by atoms with Crippen molar-refractivity contribution in [2.75, 3.05) is 12.0 Å². The molecule has 1 aliphatic carbocycles. The number of nitrogens with one attached hydrogen (secondary N) is 1. The molecule has 2 rings (SSSR count). The summed E-state index contributed by atoms with van der Waals surface area (Å²) in [5, 5.41) is 2.74. The Morgan fingerprint density at radius 3 is 2.50 bits per heavy atom. The number of amides is 2. The second-order valence-electron chi connectivity index (χ2n) is 5.65. The third-order valence-electron chi connectivity index (χ3n) is 3.49. The van der Waals surface area contributed by atoms with Crippen LogP contribution in [0.5, 0.6) is 0 Å². The molecule has 1 fully saturated rings. The lowest BCUT2D eigenvalue weighted by molar-refractivity contribution is 0.188. The van der Waals surface area contributed by atoms with Gasteiger partial charge in [0.25, 0.3) is 0 Å². The van der Waals surface area contributed by atoms with E-state index < -0.39 is 22.4 Å². The highest BCUT2D eigenvalue weighted by molar-refractivity contribution is 7.84. The van der Waals surface area contributed by atoms with E-state index in [4.69, 9.17) is 0 Å². The van der Waals surface area contributed by atoms with Gasteiger partial charge in [-0.1, -0.05) is 6.07 Å². The van der Waals surface area contributed by atoms with Crippen LogP contribution < -0.4 is 5.32 Å². The first-order valence-corrected chi connectivity index (χ1v) is 8.91. The van der Waals surface area contributed by atoms with Crippen molar-refractivity contribution in [2.24, 2.45) is 0 Å². The second-order valence-corrected chi connectivity index (χ2v) is 7.13. The van der Waals surface area contributed by atoms with E-state index in [0.717, 1.165) is 12.8 Å². The van der Waals surface area contributed by atoms with Crippen molar-refractivity contribution >= 4 is 16.8 Å². The fourth-order valence-electron chi connectivity index (χ4n) is 2.29. The number of carbonyl (C=O) groups is 1. The first-order chi connectivity index (χ1) is 10.4. The van der Waals surface area contributed by atoms with Crippen molar-refractivity contribution in [1.29, 1.82) is 0 Å². The lowest BCUT2D eigenvalue weighted by Crippen LogP contribution is -2.46. The van der Waals surface area contributed by atoms with E-state index in [1.807, 2.05) is 0 Å². The molecule has 1 aromatic rings. The molecule has 122 valence electrons. The number of carbonyl (C=O) groups excluding carboxylic acids is 1. The van der Waals surface area contributed by atoms with Crippen LogP contribution in [0.4, 0.5) is 13.6 Å². The molecule has 4 nitrogen and oxygen atoms in total. The zero-order valence-corrected chi connectivity index (χ0v) is 13.5. The summed E-state index contributed by atoms with van der Waals surface area (Å²) in [6.07, 6.45) is 3.23. The van der Waals surface area contributed by atoms with Crippen LogP contribution in [-0.4, -0.2) is 39.2 Å². The second kappa shape index (κ2) is 7.17. The maximum atomic E-state index is 13.8. The predicted molar refractivity (Wildman–Crippen MR) is 81.9 cm³/mol. The molecule has 2 atom stereocenters. The van der Waals surface area contributed by atoms with E-state index in [0.29, 0.717) is 5.75 Å². The van der Waals surface area contributed by atoms with Gasteiger partial charge in [-0.15, -0.1) is 0 Å². The van der Waals surface area contributed by atoms with E-state index in [1.165, 1.54) is 23.1 Å². The number of hydrogen-bond donors (Lipinski definition) is 1. The molecule has 0 bridgehead atoms. The molecule has 0 radical (unpaired) electrons. The quantitative estimate of drug-likeness (QED) is 0.871. The Balaban J connectivity index is 2.07. The first kappa shape index (κ1) is 16.9. The fraction of sp³-hybridized carbons (Fsp3) is 0.533. The Bertz CT molecular complexity index is 558. The van der Waals surface area contributed by atoms with Gasteiger partial charge in [0.2, 0.25) is 0 Å². The van der Waals surface area contributed by atoms with Gasteiger partial charge in [0.05, 0.1) is 6.54 Å². The molecule has 22 heavy (non-hydrogen) atoms. The molecule has 0 saturated heterocycles. The van der Waals surface area contributed by atoms with Gasteiger partial charge >= 0.3 is 6.03 Å². The van der Waals surface area contributed by atoms with E-state index in [1.54, 1.807) is 13.2 Å². The van der Waals surface area contributed by atoms with Crippen LogP contribution in [0.15, 0.2) is 18.2 Å². The Kier molecular flexibility index (Phi) is 5.50. The molecule has 0 aromatic heterocycles. The fourth-order valence-corrected chi connectivity index (χ4v) is 3.08. The molecule has 1 saturated carbocycles. The monoisotopic (exact) mass is 330 g/mol. The highest BCUT2D eigenvalue weighted by Gasteiger charge is 2.34. The lowest BCUT2D eigenvalue weighted by atomic mass is 10.2. The summed E-state index contributed by atoms with van der Waals surface area (Å²) in [7, 11) is -1.02. The summed E-state index contributed by atoms with van der Waals surface area (Å²) < 4.78 is 38.7. The summed E-state index contributed by atoms with van der Waals surface area (Å²) >= 11 is 0.